The molecule has 1 aromatic carbocycles. The molecule has 0 unspecified atom stereocenters. The zero-order valence-corrected chi connectivity index (χ0v) is 22.8. The van der Waals surface area contributed by atoms with Gasteiger partial charge in [-0.25, -0.2) is 9.38 Å². The Kier molecular flexibility index (Phi) is 15.0. The second kappa shape index (κ2) is 16.5. The number of nitrogens with two attached hydrogens (primary N) is 1. The highest BCUT2D eigenvalue weighted by molar-refractivity contribution is 6.03. The molecule has 216 valence electrons. The van der Waals surface area contributed by atoms with E-state index in [2.05, 4.69) is 9.98 Å². The maximum absolute atomic E-state index is 14.4. The van der Waals surface area contributed by atoms with Crippen molar-refractivity contribution in [2.45, 2.75) is 66.2 Å². The number of hydrogen-bond acceptors (Lipinski definition) is 2. The molecule has 0 aliphatic rings. The number of amidine groups is 1. The van der Waals surface area contributed by atoms with E-state index in [1.165, 1.54) is 20.2 Å². The van der Waals surface area contributed by atoms with E-state index >= 15 is 0 Å². The summed E-state index contributed by atoms with van der Waals surface area (Å²) in [5.74, 6) is -1.16. The number of aliphatic imine (C=N–C) groups is 2. The van der Waals surface area contributed by atoms with Crippen LogP contribution in [0, 0.1) is 0 Å². The maximum atomic E-state index is 14.4. The Bertz CT molecular complexity index is 1120. The lowest BCUT2D eigenvalue weighted by Crippen LogP contribution is -2.16. The summed E-state index contributed by atoms with van der Waals surface area (Å²) in [6.45, 7) is 8.90. The van der Waals surface area contributed by atoms with Crippen molar-refractivity contribution in [3.8, 4) is 0 Å². The molecule has 11 heteroatoms. The zero-order valence-electron chi connectivity index (χ0n) is 22.8. The van der Waals surface area contributed by atoms with Crippen LogP contribution in [-0.4, -0.2) is 25.0 Å². The second-order valence-electron chi connectivity index (χ2n) is 8.05. The first-order valence-electron chi connectivity index (χ1n) is 12.0. The fraction of sp³-hybridized carbons (Fsp3) is 0.393. The highest BCUT2D eigenvalue weighted by Gasteiger charge is 2.37. The summed E-state index contributed by atoms with van der Waals surface area (Å²) in [4.78, 5) is 18.8. The van der Waals surface area contributed by atoms with Gasteiger partial charge in [-0.1, -0.05) is 44.6 Å². The number of halogens is 7. The molecule has 0 atom stereocenters. The van der Waals surface area contributed by atoms with Gasteiger partial charge >= 0.3 is 12.4 Å². The Hall–Kier alpha value is -3.50. The van der Waals surface area contributed by atoms with Crippen molar-refractivity contribution in [3.05, 3.63) is 81.7 Å². The molecule has 2 N–H and O–H groups in total. The van der Waals surface area contributed by atoms with Gasteiger partial charge in [0.1, 0.15) is 5.83 Å². The number of amides is 1. The third kappa shape index (κ3) is 11.8. The predicted octanol–water partition coefficient (Wildman–Crippen LogP) is 8.55. The molecule has 0 radical (unpaired) electrons. The first-order chi connectivity index (χ1) is 18.1. The van der Waals surface area contributed by atoms with Crippen molar-refractivity contribution in [3.63, 3.8) is 0 Å². The van der Waals surface area contributed by atoms with E-state index in [0.717, 1.165) is 6.42 Å². The number of carbonyl (C=O) groups is 1. The van der Waals surface area contributed by atoms with Crippen molar-refractivity contribution in [1.82, 2.24) is 0 Å². The summed E-state index contributed by atoms with van der Waals surface area (Å²) in [7, 11) is 1.23. The number of primary amides is 1. The molecule has 1 aromatic rings. The van der Waals surface area contributed by atoms with Crippen molar-refractivity contribution in [2.24, 2.45) is 15.7 Å². The monoisotopic (exact) mass is 561 g/mol. The van der Waals surface area contributed by atoms with Crippen LogP contribution in [0.15, 0.2) is 75.0 Å². The van der Waals surface area contributed by atoms with Crippen LogP contribution in [0.3, 0.4) is 0 Å². The molecular formula is C28H34F7N3O. The molecule has 0 aliphatic carbocycles. The molecule has 0 aromatic heterocycles. The lowest BCUT2D eigenvalue weighted by molar-refractivity contribution is -0.143. The van der Waals surface area contributed by atoms with Gasteiger partial charge < -0.3 is 5.73 Å². The standard InChI is InChI=1S/C16H24FNO.C12H10F6N2/c1-5-8-10-13(15(17)12(4)7-3)14(16(18)19)11-9-6-2;1-3-20-10(19-2)7-4-8(11(13,14)15)6-9(5-7)12(16,17)18/h5,8,10-11H,6-7,9H2,1-4H3,(H2,18,19);3-6H,1-2H3/b8-5-,13-10-,14-11+,15-12-;. The number of nitrogens with zero attached hydrogens (tertiary/aromatic N) is 2. The Morgan fingerprint density at radius 1 is 0.974 bits per heavy atom. The Morgan fingerprint density at radius 3 is 1.87 bits per heavy atom. The number of allylic oxidation sites excluding steroid dienone is 6. The lowest BCUT2D eigenvalue weighted by Gasteiger charge is -2.13. The molecule has 4 nitrogen and oxygen atoms in total. The smallest absolute Gasteiger partial charge is 0.366 e. The minimum Gasteiger partial charge on any atom is -0.366 e. The zero-order chi connectivity index (χ0) is 30.4. The van der Waals surface area contributed by atoms with Gasteiger partial charge in [0.05, 0.1) is 11.1 Å². The largest absolute Gasteiger partial charge is 0.416 e. The highest BCUT2D eigenvalue weighted by atomic mass is 19.4. The summed E-state index contributed by atoms with van der Waals surface area (Å²) < 4.78 is 90.2. The molecule has 0 fully saturated rings. The van der Waals surface area contributed by atoms with Crippen molar-refractivity contribution in [2.75, 3.05) is 7.05 Å². The fourth-order valence-corrected chi connectivity index (χ4v) is 2.96. The van der Waals surface area contributed by atoms with Crippen LogP contribution in [-0.2, 0) is 17.1 Å². The maximum Gasteiger partial charge on any atom is 0.416 e. The van der Waals surface area contributed by atoms with E-state index in [1.54, 1.807) is 31.2 Å². The third-order valence-electron chi connectivity index (χ3n) is 5.10. The van der Waals surface area contributed by atoms with E-state index in [-0.39, 0.29) is 34.4 Å². The van der Waals surface area contributed by atoms with Gasteiger partial charge in [-0.05, 0) is 57.4 Å². The van der Waals surface area contributed by atoms with Gasteiger partial charge in [0.15, 0.2) is 5.84 Å². The normalized spacial score (nSPS) is 14.4. The molecule has 0 heterocycles. The molecule has 39 heavy (non-hydrogen) atoms. The minimum absolute atomic E-state index is 0.0619. The Labute approximate surface area is 224 Å². The topological polar surface area (TPSA) is 67.8 Å². The van der Waals surface area contributed by atoms with Gasteiger partial charge in [-0.2, -0.15) is 26.3 Å². The summed E-state index contributed by atoms with van der Waals surface area (Å²) in [5, 5.41) is 0. The predicted molar refractivity (Wildman–Crippen MR) is 142 cm³/mol. The molecule has 0 spiro atoms. The van der Waals surface area contributed by atoms with Crippen molar-refractivity contribution in [1.29, 1.82) is 0 Å². The van der Waals surface area contributed by atoms with Crippen LogP contribution in [0.4, 0.5) is 30.7 Å². The van der Waals surface area contributed by atoms with E-state index in [4.69, 9.17) is 5.73 Å². The Morgan fingerprint density at radius 2 is 1.51 bits per heavy atom. The minimum atomic E-state index is -4.88. The number of unbranched alkanes of at least 4 members (excludes halogenated alkanes) is 1. The molecule has 0 aliphatic heterocycles. The SMILES string of the molecule is CC=NC(=NC)c1cc(C(F)(F)F)cc(C(F)(F)F)c1.C\C=C/C=C(C(\F)=C(/C)CC)/C(=C\CCC)C(N)=O. The van der Waals surface area contributed by atoms with Crippen molar-refractivity contribution < 1.29 is 35.5 Å². The number of alkyl halides is 6. The molecular weight excluding hydrogens is 527 g/mol. The van der Waals surface area contributed by atoms with Crippen LogP contribution >= 0.6 is 0 Å². The highest BCUT2D eigenvalue weighted by Crippen LogP contribution is 2.36. The van der Waals surface area contributed by atoms with E-state index < -0.39 is 29.4 Å². The number of hydrogen-bond donors (Lipinski definition) is 1. The third-order valence-corrected chi connectivity index (χ3v) is 5.10. The average molecular weight is 562 g/mol. The van der Waals surface area contributed by atoms with Crippen LogP contribution in [0.1, 0.15) is 70.6 Å². The van der Waals surface area contributed by atoms with Crippen LogP contribution in [0.25, 0.3) is 0 Å². The number of rotatable bonds is 8. The summed E-state index contributed by atoms with van der Waals surface area (Å²) in [6.07, 6.45) is 0.439. The van der Waals surface area contributed by atoms with Crippen LogP contribution in [0.2, 0.25) is 0 Å². The van der Waals surface area contributed by atoms with E-state index in [1.807, 2.05) is 20.8 Å². The lowest BCUT2D eigenvalue weighted by atomic mass is 9.98. The molecule has 1 rings (SSSR count). The summed E-state index contributed by atoms with van der Waals surface area (Å²) in [5.41, 5.74) is 3.38. The quantitative estimate of drug-likeness (QED) is 0.112. The molecule has 1 amide bonds. The molecule has 0 bridgehead atoms. The number of benzene rings is 1. The first kappa shape index (κ1) is 35.5. The van der Waals surface area contributed by atoms with Crippen molar-refractivity contribution >= 4 is 18.0 Å². The van der Waals surface area contributed by atoms with Gasteiger partial charge in [0.2, 0.25) is 5.91 Å². The van der Waals surface area contributed by atoms with E-state index in [9.17, 15) is 35.5 Å². The van der Waals surface area contributed by atoms with Gasteiger partial charge in [-0.3, -0.25) is 9.79 Å². The first-order valence-corrected chi connectivity index (χ1v) is 12.0. The van der Waals surface area contributed by atoms with E-state index in [0.29, 0.717) is 30.5 Å². The van der Waals surface area contributed by atoms with Gasteiger partial charge in [0, 0.05) is 30.0 Å². The Balaban J connectivity index is 0.000000742. The summed E-state index contributed by atoms with van der Waals surface area (Å²) >= 11 is 0. The average Bonchev–Trinajstić information content (AvgIpc) is 2.87. The number of carbonyl (C=O) groups excluding carboxylic acids is 1. The summed E-state index contributed by atoms with van der Waals surface area (Å²) in [6, 6.07) is 1.24. The second-order valence-corrected chi connectivity index (χ2v) is 8.05. The fourth-order valence-electron chi connectivity index (χ4n) is 2.96. The van der Waals surface area contributed by atoms with Crippen LogP contribution in [0.5, 0.6) is 0 Å². The van der Waals surface area contributed by atoms with Gasteiger partial charge in [0.25, 0.3) is 0 Å². The molecule has 0 saturated heterocycles. The van der Waals surface area contributed by atoms with Gasteiger partial charge in [-0.15, -0.1) is 0 Å². The molecule has 0 saturated carbocycles. The van der Waals surface area contributed by atoms with Crippen LogP contribution < -0.4 is 5.73 Å².